The second-order valence-corrected chi connectivity index (χ2v) is 5.14. The molecule has 98 valence electrons. The molecule has 0 fully saturated rings. The average Bonchev–Trinajstić information content (AvgIpc) is 2.64. The number of fused-ring (bicyclic) bond motifs is 1. The number of hydrogen-bond donors (Lipinski definition) is 1. The molecule has 0 spiro atoms. The van der Waals surface area contributed by atoms with E-state index in [0.29, 0.717) is 0 Å². The highest BCUT2D eigenvalue weighted by Gasteiger charge is 2.16. The molecule has 2 N–H and O–H groups in total. The fourth-order valence-electron chi connectivity index (χ4n) is 2.87. The number of nitrogens with two attached hydrogens (primary N) is 1. The Balaban J connectivity index is 2.65. The van der Waals surface area contributed by atoms with Crippen LogP contribution < -0.4 is 5.73 Å². The van der Waals surface area contributed by atoms with Crippen molar-refractivity contribution < 1.29 is 0 Å². The standard InChI is InChI=1S/C16H24N2/c1-4-8-15-13(5-2)14(11-12(3)17)16-9-6-7-10-18(15)16/h6-7,9-10,12H,4-5,8,11,17H2,1-3H3/t12-/m1/s1. The highest BCUT2D eigenvalue weighted by atomic mass is 14.9. The molecular weight excluding hydrogens is 220 g/mol. The summed E-state index contributed by atoms with van der Waals surface area (Å²) in [5, 5.41) is 0. The molecule has 2 aromatic rings. The largest absolute Gasteiger partial charge is 0.328 e. The van der Waals surface area contributed by atoms with Crippen LogP contribution >= 0.6 is 0 Å². The van der Waals surface area contributed by atoms with E-state index in [9.17, 15) is 0 Å². The molecule has 18 heavy (non-hydrogen) atoms. The molecule has 0 amide bonds. The summed E-state index contributed by atoms with van der Waals surface area (Å²) in [4.78, 5) is 0. The SMILES string of the molecule is CCCc1c(CC)c(C[C@@H](C)N)c2ccccn12. The van der Waals surface area contributed by atoms with Crippen molar-refractivity contribution >= 4 is 5.52 Å². The lowest BCUT2D eigenvalue weighted by atomic mass is 9.99. The quantitative estimate of drug-likeness (QED) is 0.859. The Bertz CT molecular complexity index is 523. The Labute approximate surface area is 110 Å². The second-order valence-electron chi connectivity index (χ2n) is 5.14. The second kappa shape index (κ2) is 5.57. The van der Waals surface area contributed by atoms with Crippen LogP contribution in [0.2, 0.25) is 0 Å². The molecule has 0 aromatic carbocycles. The zero-order chi connectivity index (χ0) is 13.1. The first kappa shape index (κ1) is 13.2. The first-order valence-electron chi connectivity index (χ1n) is 7.04. The van der Waals surface area contributed by atoms with Gasteiger partial charge in [0.25, 0.3) is 0 Å². The molecule has 2 nitrogen and oxygen atoms in total. The smallest absolute Gasteiger partial charge is 0.0488 e. The molecule has 0 aliphatic carbocycles. The van der Waals surface area contributed by atoms with Crippen molar-refractivity contribution in [2.75, 3.05) is 0 Å². The van der Waals surface area contributed by atoms with E-state index in [1.807, 2.05) is 0 Å². The van der Waals surface area contributed by atoms with E-state index in [0.717, 1.165) is 19.3 Å². The van der Waals surface area contributed by atoms with E-state index >= 15 is 0 Å². The van der Waals surface area contributed by atoms with E-state index in [-0.39, 0.29) is 6.04 Å². The maximum atomic E-state index is 6.01. The third-order valence-electron chi connectivity index (χ3n) is 3.54. The van der Waals surface area contributed by atoms with Gasteiger partial charge in [-0.3, -0.25) is 0 Å². The Morgan fingerprint density at radius 2 is 2.00 bits per heavy atom. The number of nitrogens with zero attached hydrogens (tertiary/aromatic N) is 1. The van der Waals surface area contributed by atoms with Crippen LogP contribution in [0.1, 0.15) is 44.0 Å². The molecule has 1 atom stereocenters. The summed E-state index contributed by atoms with van der Waals surface area (Å²) < 4.78 is 2.36. The Hall–Kier alpha value is -1.28. The lowest BCUT2D eigenvalue weighted by Gasteiger charge is -2.07. The number of aryl methyl sites for hydroxylation is 1. The van der Waals surface area contributed by atoms with Crippen LogP contribution in [0.25, 0.3) is 5.52 Å². The van der Waals surface area contributed by atoms with Gasteiger partial charge in [-0.15, -0.1) is 0 Å². The minimum atomic E-state index is 0.219. The summed E-state index contributed by atoms with van der Waals surface area (Å²) in [6.45, 7) is 6.58. The normalized spacial score (nSPS) is 13.1. The minimum Gasteiger partial charge on any atom is -0.328 e. The van der Waals surface area contributed by atoms with Gasteiger partial charge in [-0.05, 0) is 49.4 Å². The Kier molecular flexibility index (Phi) is 4.07. The van der Waals surface area contributed by atoms with Crippen molar-refractivity contribution in [3.63, 3.8) is 0 Å². The number of aromatic nitrogens is 1. The van der Waals surface area contributed by atoms with Crippen LogP contribution in [-0.2, 0) is 19.3 Å². The third-order valence-corrected chi connectivity index (χ3v) is 3.54. The topological polar surface area (TPSA) is 30.4 Å². The first-order chi connectivity index (χ1) is 8.69. The summed E-state index contributed by atoms with van der Waals surface area (Å²) in [6.07, 6.45) is 6.59. The molecule has 2 heteroatoms. The van der Waals surface area contributed by atoms with E-state index in [4.69, 9.17) is 5.73 Å². The van der Waals surface area contributed by atoms with Crippen molar-refractivity contribution in [2.24, 2.45) is 5.73 Å². The van der Waals surface area contributed by atoms with Crippen LogP contribution in [0.4, 0.5) is 0 Å². The maximum Gasteiger partial charge on any atom is 0.0488 e. The highest BCUT2D eigenvalue weighted by molar-refractivity contribution is 5.62. The summed E-state index contributed by atoms with van der Waals surface area (Å²) in [6, 6.07) is 6.67. The van der Waals surface area contributed by atoms with Gasteiger partial charge in [0.15, 0.2) is 0 Å². The third kappa shape index (κ3) is 2.30. The van der Waals surface area contributed by atoms with Crippen LogP contribution in [0.3, 0.4) is 0 Å². The first-order valence-corrected chi connectivity index (χ1v) is 7.04. The highest BCUT2D eigenvalue weighted by Crippen LogP contribution is 2.26. The summed E-state index contributed by atoms with van der Waals surface area (Å²) in [5.41, 5.74) is 11.8. The van der Waals surface area contributed by atoms with Gasteiger partial charge in [-0.2, -0.15) is 0 Å². The van der Waals surface area contributed by atoms with Crippen molar-refractivity contribution in [1.29, 1.82) is 0 Å². The predicted octanol–water partition coefficient (Wildman–Crippen LogP) is 3.34. The Morgan fingerprint density at radius 3 is 2.61 bits per heavy atom. The molecule has 0 unspecified atom stereocenters. The van der Waals surface area contributed by atoms with Gasteiger partial charge in [0, 0.05) is 23.4 Å². The minimum absolute atomic E-state index is 0.219. The molecular formula is C16H24N2. The van der Waals surface area contributed by atoms with Gasteiger partial charge in [0.1, 0.15) is 0 Å². The van der Waals surface area contributed by atoms with Crippen LogP contribution in [0.5, 0.6) is 0 Å². The monoisotopic (exact) mass is 244 g/mol. The Morgan fingerprint density at radius 1 is 1.22 bits per heavy atom. The lowest BCUT2D eigenvalue weighted by Crippen LogP contribution is -2.18. The van der Waals surface area contributed by atoms with Crippen molar-refractivity contribution in [3.8, 4) is 0 Å². The number of hydrogen-bond acceptors (Lipinski definition) is 1. The molecule has 0 saturated heterocycles. The predicted molar refractivity (Wildman–Crippen MR) is 78.1 cm³/mol. The zero-order valence-corrected chi connectivity index (χ0v) is 11.7. The van der Waals surface area contributed by atoms with Gasteiger partial charge in [-0.25, -0.2) is 0 Å². The molecule has 2 aromatic heterocycles. The van der Waals surface area contributed by atoms with Gasteiger partial charge in [-0.1, -0.05) is 26.3 Å². The molecule has 2 heterocycles. The van der Waals surface area contributed by atoms with Crippen molar-refractivity contribution in [1.82, 2.24) is 4.40 Å². The average molecular weight is 244 g/mol. The molecule has 0 saturated carbocycles. The van der Waals surface area contributed by atoms with Gasteiger partial charge < -0.3 is 10.1 Å². The van der Waals surface area contributed by atoms with Crippen molar-refractivity contribution in [2.45, 2.75) is 52.5 Å². The molecule has 2 rings (SSSR count). The lowest BCUT2D eigenvalue weighted by molar-refractivity contribution is 0.735. The van der Waals surface area contributed by atoms with E-state index in [2.05, 4.69) is 49.6 Å². The molecule has 0 aliphatic heterocycles. The van der Waals surface area contributed by atoms with E-state index < -0.39 is 0 Å². The van der Waals surface area contributed by atoms with Crippen LogP contribution in [0, 0.1) is 0 Å². The van der Waals surface area contributed by atoms with E-state index in [1.165, 1.54) is 28.8 Å². The molecule has 0 radical (unpaired) electrons. The van der Waals surface area contributed by atoms with Crippen LogP contribution in [-0.4, -0.2) is 10.4 Å². The fraction of sp³-hybridized carbons (Fsp3) is 0.500. The summed E-state index contributed by atoms with van der Waals surface area (Å²) in [7, 11) is 0. The van der Waals surface area contributed by atoms with E-state index in [1.54, 1.807) is 0 Å². The summed E-state index contributed by atoms with van der Waals surface area (Å²) >= 11 is 0. The maximum absolute atomic E-state index is 6.01. The number of rotatable bonds is 5. The fourth-order valence-corrected chi connectivity index (χ4v) is 2.87. The molecule has 0 aliphatic rings. The summed E-state index contributed by atoms with van der Waals surface area (Å²) in [5.74, 6) is 0. The zero-order valence-electron chi connectivity index (χ0n) is 11.7. The molecule has 0 bridgehead atoms. The van der Waals surface area contributed by atoms with Crippen LogP contribution in [0.15, 0.2) is 24.4 Å². The van der Waals surface area contributed by atoms with Crippen molar-refractivity contribution in [3.05, 3.63) is 41.2 Å². The van der Waals surface area contributed by atoms with Gasteiger partial charge in [0.05, 0.1) is 0 Å². The van der Waals surface area contributed by atoms with Gasteiger partial charge >= 0.3 is 0 Å². The van der Waals surface area contributed by atoms with Gasteiger partial charge in [0.2, 0.25) is 0 Å². The number of pyridine rings is 1.